The SMILES string of the molecule is CCOC(=O)C(=NO)c1scc2ccccc12. The van der Waals surface area contributed by atoms with Crippen molar-refractivity contribution in [3.8, 4) is 0 Å². The zero-order valence-corrected chi connectivity index (χ0v) is 10.0. The summed E-state index contributed by atoms with van der Waals surface area (Å²) in [5.41, 5.74) is -0.0435. The van der Waals surface area contributed by atoms with Gasteiger partial charge in [-0.3, -0.25) is 0 Å². The van der Waals surface area contributed by atoms with Crippen molar-refractivity contribution in [2.75, 3.05) is 6.61 Å². The molecule has 2 aromatic rings. The van der Waals surface area contributed by atoms with Crippen molar-refractivity contribution < 1.29 is 14.7 Å². The van der Waals surface area contributed by atoms with E-state index in [4.69, 9.17) is 9.94 Å². The van der Waals surface area contributed by atoms with E-state index in [0.717, 1.165) is 10.8 Å². The molecular formula is C12H11NO3S. The minimum Gasteiger partial charge on any atom is -0.461 e. The van der Waals surface area contributed by atoms with Gasteiger partial charge in [-0.05, 0) is 17.7 Å². The second-order valence-corrected chi connectivity index (χ2v) is 4.20. The summed E-state index contributed by atoms with van der Waals surface area (Å²) in [6.07, 6.45) is 0. The Labute approximate surface area is 102 Å². The van der Waals surface area contributed by atoms with Gasteiger partial charge < -0.3 is 9.94 Å². The predicted molar refractivity (Wildman–Crippen MR) is 66.8 cm³/mol. The number of ether oxygens (including phenoxy) is 1. The maximum absolute atomic E-state index is 11.6. The number of thiophene rings is 1. The first kappa shape index (κ1) is 11.6. The van der Waals surface area contributed by atoms with Gasteiger partial charge in [-0.1, -0.05) is 29.4 Å². The second kappa shape index (κ2) is 4.97. The van der Waals surface area contributed by atoms with Crippen molar-refractivity contribution >= 4 is 33.8 Å². The molecule has 0 bridgehead atoms. The van der Waals surface area contributed by atoms with E-state index in [2.05, 4.69) is 5.16 Å². The predicted octanol–water partition coefficient (Wildman–Crippen LogP) is 2.64. The van der Waals surface area contributed by atoms with Gasteiger partial charge in [-0.25, -0.2) is 4.79 Å². The van der Waals surface area contributed by atoms with Crippen molar-refractivity contribution in [3.05, 3.63) is 34.5 Å². The molecule has 0 unspecified atom stereocenters. The molecule has 88 valence electrons. The van der Waals surface area contributed by atoms with Gasteiger partial charge in [0, 0.05) is 5.39 Å². The van der Waals surface area contributed by atoms with Crippen molar-refractivity contribution in [2.24, 2.45) is 5.16 Å². The van der Waals surface area contributed by atoms with Crippen LogP contribution in [0.25, 0.3) is 10.8 Å². The number of carbonyl (C=O) groups excluding carboxylic acids is 1. The largest absolute Gasteiger partial charge is 0.461 e. The molecule has 0 aliphatic rings. The molecule has 0 aliphatic heterocycles. The van der Waals surface area contributed by atoms with E-state index >= 15 is 0 Å². The molecule has 1 N–H and O–H groups in total. The first-order valence-electron chi connectivity index (χ1n) is 5.13. The van der Waals surface area contributed by atoms with Crippen LogP contribution in [0.5, 0.6) is 0 Å². The quantitative estimate of drug-likeness (QED) is 0.394. The molecule has 1 aromatic carbocycles. The molecule has 0 saturated carbocycles. The number of rotatable bonds is 3. The normalized spacial score (nSPS) is 11.7. The van der Waals surface area contributed by atoms with Gasteiger partial charge in [0.05, 0.1) is 11.5 Å². The van der Waals surface area contributed by atoms with E-state index in [1.807, 2.05) is 29.6 Å². The standard InChI is InChI=1S/C12H11NO3S/c1-2-16-12(14)10(13-15)11-9-6-4-3-5-8(9)7-17-11/h3-7,15H,2H2,1H3. The van der Waals surface area contributed by atoms with E-state index < -0.39 is 5.97 Å². The molecule has 0 spiro atoms. The average Bonchev–Trinajstić information content (AvgIpc) is 2.75. The van der Waals surface area contributed by atoms with Crippen molar-refractivity contribution in [3.63, 3.8) is 0 Å². The Kier molecular flexibility index (Phi) is 3.39. The molecule has 2 rings (SSSR count). The Morgan fingerprint density at radius 1 is 1.47 bits per heavy atom. The average molecular weight is 249 g/mol. The smallest absolute Gasteiger partial charge is 0.361 e. The summed E-state index contributed by atoms with van der Waals surface area (Å²) in [7, 11) is 0. The maximum atomic E-state index is 11.6. The van der Waals surface area contributed by atoms with Crippen molar-refractivity contribution in [2.45, 2.75) is 6.92 Å². The number of carbonyl (C=O) groups is 1. The fourth-order valence-corrected chi connectivity index (χ4v) is 2.55. The minimum absolute atomic E-state index is 0.0435. The Morgan fingerprint density at radius 3 is 2.94 bits per heavy atom. The summed E-state index contributed by atoms with van der Waals surface area (Å²) < 4.78 is 4.84. The third-order valence-corrected chi connectivity index (χ3v) is 3.31. The molecule has 4 nitrogen and oxygen atoms in total. The van der Waals surface area contributed by atoms with Crippen LogP contribution in [0.15, 0.2) is 34.8 Å². The molecule has 0 atom stereocenters. The lowest BCUT2D eigenvalue weighted by molar-refractivity contribution is -0.135. The zero-order valence-electron chi connectivity index (χ0n) is 9.21. The minimum atomic E-state index is -0.609. The summed E-state index contributed by atoms with van der Waals surface area (Å²) in [6, 6.07) is 7.61. The molecule has 0 saturated heterocycles. The number of hydrogen-bond acceptors (Lipinski definition) is 5. The molecular weight excluding hydrogens is 238 g/mol. The maximum Gasteiger partial charge on any atom is 0.361 e. The molecule has 0 aliphatic carbocycles. The van der Waals surface area contributed by atoms with Crippen LogP contribution < -0.4 is 0 Å². The van der Waals surface area contributed by atoms with E-state index in [1.54, 1.807) is 6.92 Å². The highest BCUT2D eigenvalue weighted by Gasteiger charge is 2.20. The van der Waals surface area contributed by atoms with E-state index in [1.165, 1.54) is 11.3 Å². The van der Waals surface area contributed by atoms with E-state index in [0.29, 0.717) is 4.88 Å². The topological polar surface area (TPSA) is 58.9 Å². The van der Waals surface area contributed by atoms with Crippen LogP contribution in [-0.4, -0.2) is 23.5 Å². The summed E-state index contributed by atoms with van der Waals surface area (Å²) in [5, 5.41) is 15.8. The number of benzene rings is 1. The summed E-state index contributed by atoms with van der Waals surface area (Å²) in [6.45, 7) is 1.96. The van der Waals surface area contributed by atoms with Crippen LogP contribution in [0.4, 0.5) is 0 Å². The lowest BCUT2D eigenvalue weighted by atomic mass is 10.1. The highest BCUT2D eigenvalue weighted by Crippen LogP contribution is 2.26. The molecule has 0 radical (unpaired) electrons. The first-order chi connectivity index (χ1) is 8.27. The van der Waals surface area contributed by atoms with E-state index in [-0.39, 0.29) is 12.3 Å². The highest BCUT2D eigenvalue weighted by atomic mass is 32.1. The third kappa shape index (κ3) is 2.14. The molecule has 0 amide bonds. The van der Waals surface area contributed by atoms with E-state index in [9.17, 15) is 4.79 Å². The van der Waals surface area contributed by atoms with Gasteiger partial charge in [0.2, 0.25) is 5.71 Å². The van der Waals surface area contributed by atoms with Crippen LogP contribution in [-0.2, 0) is 9.53 Å². The van der Waals surface area contributed by atoms with Gasteiger partial charge in [0.15, 0.2) is 0 Å². The second-order valence-electron chi connectivity index (χ2n) is 3.32. The summed E-state index contributed by atoms with van der Waals surface area (Å²) >= 11 is 1.36. The summed E-state index contributed by atoms with van der Waals surface area (Å²) in [4.78, 5) is 12.2. The Hall–Kier alpha value is -1.88. The summed E-state index contributed by atoms with van der Waals surface area (Å²) in [5.74, 6) is -0.609. The monoisotopic (exact) mass is 249 g/mol. The van der Waals surface area contributed by atoms with Gasteiger partial charge in [-0.15, -0.1) is 11.3 Å². The molecule has 1 aromatic heterocycles. The van der Waals surface area contributed by atoms with Crippen LogP contribution in [0, 0.1) is 0 Å². The Balaban J connectivity index is 2.48. The fourth-order valence-electron chi connectivity index (χ4n) is 1.55. The highest BCUT2D eigenvalue weighted by molar-refractivity contribution is 7.14. The van der Waals surface area contributed by atoms with Gasteiger partial charge >= 0.3 is 5.97 Å². The number of hydrogen-bond donors (Lipinski definition) is 1. The van der Waals surface area contributed by atoms with Crippen LogP contribution in [0.1, 0.15) is 11.8 Å². The number of esters is 1. The van der Waals surface area contributed by atoms with Gasteiger partial charge in [0.25, 0.3) is 0 Å². The number of oxime groups is 1. The molecule has 0 fully saturated rings. The number of nitrogens with zero attached hydrogens (tertiary/aromatic N) is 1. The fraction of sp³-hybridized carbons (Fsp3) is 0.167. The van der Waals surface area contributed by atoms with Crippen molar-refractivity contribution in [1.29, 1.82) is 0 Å². The molecule has 17 heavy (non-hydrogen) atoms. The lowest BCUT2D eigenvalue weighted by Gasteiger charge is -2.02. The Bertz CT molecular complexity index is 574. The van der Waals surface area contributed by atoms with Gasteiger partial charge in [-0.2, -0.15) is 0 Å². The molecule has 5 heteroatoms. The van der Waals surface area contributed by atoms with Gasteiger partial charge in [0.1, 0.15) is 0 Å². The first-order valence-corrected chi connectivity index (χ1v) is 6.01. The zero-order chi connectivity index (χ0) is 12.3. The Morgan fingerprint density at radius 2 is 2.24 bits per heavy atom. The van der Waals surface area contributed by atoms with Crippen LogP contribution in [0.2, 0.25) is 0 Å². The van der Waals surface area contributed by atoms with Crippen LogP contribution in [0.3, 0.4) is 0 Å². The molecule has 1 heterocycles. The van der Waals surface area contributed by atoms with Crippen LogP contribution >= 0.6 is 11.3 Å². The third-order valence-electron chi connectivity index (χ3n) is 2.29. The van der Waals surface area contributed by atoms with Crippen molar-refractivity contribution in [1.82, 2.24) is 0 Å². The lowest BCUT2D eigenvalue weighted by Crippen LogP contribution is -2.17. The number of fused-ring (bicyclic) bond motifs is 1.